The fourth-order valence-corrected chi connectivity index (χ4v) is 3.25. The Kier molecular flexibility index (Phi) is 4.96. The normalized spacial score (nSPS) is 17.5. The summed E-state index contributed by atoms with van der Waals surface area (Å²) in [6.45, 7) is 1.76. The number of hydrogen-bond acceptors (Lipinski definition) is 5. The summed E-state index contributed by atoms with van der Waals surface area (Å²) in [5, 5.41) is 3.88. The number of nitrogens with zero attached hydrogens (tertiary/aromatic N) is 2. The van der Waals surface area contributed by atoms with Gasteiger partial charge in [0.2, 0.25) is 0 Å². The molecule has 1 N–H and O–H groups in total. The molecule has 1 aliphatic rings. The first kappa shape index (κ1) is 14.9. The van der Waals surface area contributed by atoms with Crippen molar-refractivity contribution in [3.63, 3.8) is 0 Å². The summed E-state index contributed by atoms with van der Waals surface area (Å²) in [6.07, 6.45) is 1.80. The van der Waals surface area contributed by atoms with Crippen LogP contribution in [0, 0.1) is 0 Å². The van der Waals surface area contributed by atoms with Crippen molar-refractivity contribution >= 4 is 17.6 Å². The summed E-state index contributed by atoms with van der Waals surface area (Å²) in [5.74, 6) is 2.80. The first-order valence-electron chi connectivity index (χ1n) is 7.29. The number of rotatable bonds is 5. The summed E-state index contributed by atoms with van der Waals surface area (Å²) < 4.78 is 5.18. The van der Waals surface area contributed by atoms with Crippen molar-refractivity contribution in [2.24, 2.45) is 4.99 Å². The zero-order valence-electron chi connectivity index (χ0n) is 12.5. The summed E-state index contributed by atoms with van der Waals surface area (Å²) >= 11 is 1.93. The third kappa shape index (κ3) is 3.80. The largest absolute Gasteiger partial charge is 0.497 e. The SMILES string of the molecule is COc1ccc(CSC2CN=C(c3ccccn3)NC2)cc1. The molecule has 5 heteroatoms. The standard InChI is InChI=1S/C17H19N3OS/c1-21-14-7-5-13(6-8-14)12-22-15-10-19-17(20-11-15)16-4-2-3-9-18-16/h2-9,15H,10-12H2,1H3,(H,19,20). The van der Waals surface area contributed by atoms with Gasteiger partial charge in [-0.05, 0) is 29.8 Å². The van der Waals surface area contributed by atoms with Crippen molar-refractivity contribution in [2.75, 3.05) is 20.2 Å². The quantitative estimate of drug-likeness (QED) is 0.922. The summed E-state index contributed by atoms with van der Waals surface area (Å²) in [7, 11) is 1.69. The van der Waals surface area contributed by atoms with Crippen LogP contribution in [0.4, 0.5) is 0 Å². The molecule has 0 saturated carbocycles. The van der Waals surface area contributed by atoms with Crippen molar-refractivity contribution in [1.29, 1.82) is 0 Å². The predicted molar refractivity (Wildman–Crippen MR) is 91.7 cm³/mol. The van der Waals surface area contributed by atoms with Crippen molar-refractivity contribution in [3.05, 3.63) is 59.9 Å². The molecule has 0 bridgehead atoms. The van der Waals surface area contributed by atoms with Gasteiger partial charge in [-0.25, -0.2) is 0 Å². The number of aliphatic imine (C=N–C) groups is 1. The van der Waals surface area contributed by atoms with E-state index < -0.39 is 0 Å². The topological polar surface area (TPSA) is 46.5 Å². The zero-order chi connectivity index (χ0) is 15.2. The second-order valence-electron chi connectivity index (χ2n) is 5.07. The third-order valence-corrected chi connectivity index (χ3v) is 4.79. The summed E-state index contributed by atoms with van der Waals surface area (Å²) in [5.41, 5.74) is 2.23. The van der Waals surface area contributed by atoms with Crippen LogP contribution in [0.3, 0.4) is 0 Å². The molecule has 1 unspecified atom stereocenters. The minimum absolute atomic E-state index is 0.495. The van der Waals surface area contributed by atoms with E-state index in [-0.39, 0.29) is 0 Å². The molecule has 0 aliphatic carbocycles. The molecule has 2 aromatic rings. The van der Waals surface area contributed by atoms with E-state index in [1.165, 1.54) is 5.56 Å². The van der Waals surface area contributed by atoms with Gasteiger partial charge in [0.1, 0.15) is 17.3 Å². The van der Waals surface area contributed by atoms with Gasteiger partial charge >= 0.3 is 0 Å². The molecule has 0 fully saturated rings. The van der Waals surface area contributed by atoms with Crippen molar-refractivity contribution in [2.45, 2.75) is 11.0 Å². The molecular weight excluding hydrogens is 294 g/mol. The number of hydrogen-bond donors (Lipinski definition) is 1. The molecule has 1 atom stereocenters. The highest BCUT2D eigenvalue weighted by atomic mass is 32.2. The lowest BCUT2D eigenvalue weighted by Gasteiger charge is -2.22. The van der Waals surface area contributed by atoms with E-state index in [1.807, 2.05) is 42.1 Å². The van der Waals surface area contributed by atoms with Crippen LogP contribution < -0.4 is 10.1 Å². The maximum atomic E-state index is 5.18. The number of nitrogens with one attached hydrogen (secondary N) is 1. The number of aromatic nitrogens is 1. The zero-order valence-corrected chi connectivity index (χ0v) is 13.3. The third-order valence-electron chi connectivity index (χ3n) is 3.50. The Morgan fingerprint density at radius 1 is 1.23 bits per heavy atom. The van der Waals surface area contributed by atoms with Crippen LogP contribution in [0.5, 0.6) is 5.75 Å². The Morgan fingerprint density at radius 2 is 2.09 bits per heavy atom. The van der Waals surface area contributed by atoms with E-state index in [0.717, 1.165) is 36.1 Å². The van der Waals surface area contributed by atoms with E-state index >= 15 is 0 Å². The van der Waals surface area contributed by atoms with Crippen LogP contribution in [0.2, 0.25) is 0 Å². The van der Waals surface area contributed by atoms with Crippen LogP contribution in [-0.4, -0.2) is 36.3 Å². The van der Waals surface area contributed by atoms with Crippen molar-refractivity contribution in [1.82, 2.24) is 10.3 Å². The number of benzene rings is 1. The number of amidine groups is 1. The molecular formula is C17H19N3OS. The number of thioether (sulfide) groups is 1. The van der Waals surface area contributed by atoms with E-state index in [4.69, 9.17) is 4.74 Å². The summed E-state index contributed by atoms with van der Waals surface area (Å²) in [6, 6.07) is 14.1. The Hall–Kier alpha value is -2.01. The molecule has 4 nitrogen and oxygen atoms in total. The highest BCUT2D eigenvalue weighted by Gasteiger charge is 2.16. The van der Waals surface area contributed by atoms with Crippen LogP contribution in [-0.2, 0) is 5.75 Å². The fourth-order valence-electron chi connectivity index (χ4n) is 2.25. The maximum absolute atomic E-state index is 5.18. The molecule has 3 rings (SSSR count). The Balaban J connectivity index is 1.52. The van der Waals surface area contributed by atoms with Crippen LogP contribution in [0.15, 0.2) is 53.7 Å². The maximum Gasteiger partial charge on any atom is 0.147 e. The van der Waals surface area contributed by atoms with Gasteiger partial charge in [0.25, 0.3) is 0 Å². The lowest BCUT2D eigenvalue weighted by molar-refractivity contribution is 0.414. The van der Waals surface area contributed by atoms with Gasteiger partial charge in [-0.1, -0.05) is 18.2 Å². The van der Waals surface area contributed by atoms with Gasteiger partial charge in [-0.2, -0.15) is 11.8 Å². The van der Waals surface area contributed by atoms with E-state index in [2.05, 4.69) is 27.4 Å². The molecule has 0 saturated heterocycles. The molecule has 114 valence electrons. The van der Waals surface area contributed by atoms with E-state index in [1.54, 1.807) is 13.3 Å². The highest BCUT2D eigenvalue weighted by Crippen LogP contribution is 2.21. The number of ether oxygens (including phenoxy) is 1. The van der Waals surface area contributed by atoms with Gasteiger partial charge in [-0.3, -0.25) is 9.98 Å². The highest BCUT2D eigenvalue weighted by molar-refractivity contribution is 7.99. The molecule has 0 amide bonds. The van der Waals surface area contributed by atoms with Gasteiger partial charge in [0, 0.05) is 23.7 Å². The predicted octanol–water partition coefficient (Wildman–Crippen LogP) is 2.74. The Bertz CT molecular complexity index is 628. The van der Waals surface area contributed by atoms with Gasteiger partial charge in [0.05, 0.1) is 13.7 Å². The fraction of sp³-hybridized carbons (Fsp3) is 0.294. The van der Waals surface area contributed by atoms with Gasteiger partial charge < -0.3 is 10.1 Å². The summed E-state index contributed by atoms with van der Waals surface area (Å²) in [4.78, 5) is 8.95. The van der Waals surface area contributed by atoms with Crippen LogP contribution in [0.1, 0.15) is 11.3 Å². The van der Waals surface area contributed by atoms with Crippen molar-refractivity contribution in [3.8, 4) is 5.75 Å². The van der Waals surface area contributed by atoms with Gasteiger partial charge in [0.15, 0.2) is 0 Å². The second kappa shape index (κ2) is 7.31. The smallest absolute Gasteiger partial charge is 0.147 e. The lowest BCUT2D eigenvalue weighted by Crippen LogP contribution is -2.38. The minimum Gasteiger partial charge on any atom is -0.497 e. The van der Waals surface area contributed by atoms with Crippen LogP contribution >= 0.6 is 11.8 Å². The molecule has 0 radical (unpaired) electrons. The molecule has 1 aliphatic heterocycles. The van der Waals surface area contributed by atoms with Crippen LogP contribution in [0.25, 0.3) is 0 Å². The monoisotopic (exact) mass is 313 g/mol. The average molecular weight is 313 g/mol. The van der Waals surface area contributed by atoms with E-state index in [0.29, 0.717) is 5.25 Å². The Labute approximate surface area is 135 Å². The first-order valence-corrected chi connectivity index (χ1v) is 8.34. The molecule has 1 aromatic heterocycles. The van der Waals surface area contributed by atoms with Crippen molar-refractivity contribution < 1.29 is 4.74 Å². The Morgan fingerprint density at radius 3 is 2.73 bits per heavy atom. The average Bonchev–Trinajstić information content (AvgIpc) is 2.61. The minimum atomic E-state index is 0.495. The van der Waals surface area contributed by atoms with E-state index in [9.17, 15) is 0 Å². The molecule has 2 heterocycles. The lowest BCUT2D eigenvalue weighted by atomic mass is 10.2. The number of pyridine rings is 1. The first-order chi connectivity index (χ1) is 10.8. The second-order valence-corrected chi connectivity index (χ2v) is 6.35. The van der Waals surface area contributed by atoms with Gasteiger partial charge in [-0.15, -0.1) is 0 Å². The molecule has 1 aromatic carbocycles. The number of methoxy groups -OCH3 is 1. The molecule has 22 heavy (non-hydrogen) atoms. The molecule has 0 spiro atoms.